The van der Waals surface area contributed by atoms with E-state index in [1.807, 2.05) is 0 Å². The smallest absolute Gasteiger partial charge is 0.142 e. The summed E-state index contributed by atoms with van der Waals surface area (Å²) in [5.74, 6) is 3.72. The van der Waals surface area contributed by atoms with Gasteiger partial charge in [0.25, 0.3) is 0 Å². The summed E-state index contributed by atoms with van der Waals surface area (Å²) in [5.41, 5.74) is 0. The third kappa shape index (κ3) is 4.47. The molecule has 0 aromatic rings. The summed E-state index contributed by atoms with van der Waals surface area (Å²) in [6.45, 7) is 2.32. The summed E-state index contributed by atoms with van der Waals surface area (Å²) >= 11 is 0. The Morgan fingerprint density at radius 3 is 2.00 bits per heavy atom. The zero-order valence-corrected chi connectivity index (χ0v) is 12.5. The lowest BCUT2D eigenvalue weighted by molar-refractivity contribution is -0.104. The van der Waals surface area contributed by atoms with E-state index in [1.54, 1.807) is 6.08 Å². The molecule has 0 N–H and O–H groups in total. The fourth-order valence-electron chi connectivity index (χ4n) is 4.37. The van der Waals surface area contributed by atoms with Crippen LogP contribution >= 0.6 is 0 Å². The quantitative estimate of drug-likeness (QED) is 0.494. The zero-order valence-electron chi connectivity index (χ0n) is 12.5. The number of carbonyl (C=O) groups excluding carboxylic acids is 1. The minimum absolute atomic E-state index is 0.679. The molecule has 2 rings (SSSR count). The van der Waals surface area contributed by atoms with Crippen molar-refractivity contribution in [3.05, 3.63) is 12.2 Å². The van der Waals surface area contributed by atoms with Gasteiger partial charge >= 0.3 is 0 Å². The Balaban J connectivity index is 1.70. The van der Waals surface area contributed by atoms with E-state index in [4.69, 9.17) is 0 Å². The van der Waals surface area contributed by atoms with Crippen LogP contribution in [0.1, 0.15) is 71.1 Å². The normalized spacial score (nSPS) is 36.5. The summed E-state index contributed by atoms with van der Waals surface area (Å²) in [5, 5.41) is 0. The number of aldehydes is 1. The monoisotopic (exact) mass is 262 g/mol. The fraction of sp³-hybridized carbons (Fsp3) is 0.833. The molecule has 0 radical (unpaired) electrons. The molecule has 2 aliphatic rings. The van der Waals surface area contributed by atoms with E-state index in [0.29, 0.717) is 5.92 Å². The van der Waals surface area contributed by atoms with Gasteiger partial charge in [0, 0.05) is 0 Å². The average molecular weight is 262 g/mol. The first-order chi connectivity index (χ1) is 9.33. The lowest BCUT2D eigenvalue weighted by Gasteiger charge is -2.37. The highest BCUT2D eigenvalue weighted by Gasteiger charge is 2.29. The first-order valence-electron chi connectivity index (χ1n) is 8.45. The van der Waals surface area contributed by atoms with Gasteiger partial charge in [-0.15, -0.1) is 0 Å². The van der Waals surface area contributed by atoms with Crippen molar-refractivity contribution in [2.45, 2.75) is 71.1 Å². The summed E-state index contributed by atoms with van der Waals surface area (Å²) in [7, 11) is 0. The molecule has 2 aliphatic carbocycles. The van der Waals surface area contributed by atoms with Crippen molar-refractivity contribution in [2.75, 3.05) is 0 Å². The topological polar surface area (TPSA) is 17.1 Å². The lowest BCUT2D eigenvalue weighted by Crippen LogP contribution is -2.25. The van der Waals surface area contributed by atoms with Crippen LogP contribution in [0.25, 0.3) is 0 Å². The summed E-state index contributed by atoms with van der Waals surface area (Å²) < 4.78 is 0. The minimum atomic E-state index is 0.679. The molecule has 0 aromatic heterocycles. The maximum absolute atomic E-state index is 10.4. The Kier molecular flexibility index (Phi) is 6.13. The molecule has 0 amide bonds. The van der Waals surface area contributed by atoms with Crippen molar-refractivity contribution in [3.8, 4) is 0 Å². The number of hydrogen-bond donors (Lipinski definition) is 0. The molecule has 0 heterocycles. The van der Waals surface area contributed by atoms with Crippen molar-refractivity contribution in [1.82, 2.24) is 0 Å². The first-order valence-corrected chi connectivity index (χ1v) is 8.45. The van der Waals surface area contributed by atoms with Crippen molar-refractivity contribution in [2.24, 2.45) is 23.7 Å². The molecule has 108 valence electrons. The van der Waals surface area contributed by atoms with Gasteiger partial charge in [0.1, 0.15) is 6.29 Å². The van der Waals surface area contributed by atoms with Gasteiger partial charge in [-0.1, -0.05) is 38.7 Å². The zero-order chi connectivity index (χ0) is 13.5. The standard InChI is InChI=1S/C18H30O/c1-2-4-15-6-10-17(11-7-15)18-12-8-16(9-13-18)5-3-14-19/h3,5,14-18H,2,4,6-13H2,1H3/b5-3+. The lowest BCUT2D eigenvalue weighted by atomic mass is 9.69. The molecule has 0 aliphatic heterocycles. The maximum atomic E-state index is 10.4. The van der Waals surface area contributed by atoms with E-state index in [1.165, 1.54) is 64.2 Å². The van der Waals surface area contributed by atoms with Crippen LogP contribution in [0.4, 0.5) is 0 Å². The van der Waals surface area contributed by atoms with Gasteiger partial charge in [0.15, 0.2) is 0 Å². The third-order valence-electron chi connectivity index (χ3n) is 5.53. The molecule has 0 atom stereocenters. The fourth-order valence-corrected chi connectivity index (χ4v) is 4.37. The second kappa shape index (κ2) is 7.87. The van der Waals surface area contributed by atoms with Crippen LogP contribution < -0.4 is 0 Å². The molecule has 19 heavy (non-hydrogen) atoms. The Hall–Kier alpha value is -0.590. The number of rotatable bonds is 5. The van der Waals surface area contributed by atoms with Crippen LogP contribution in [-0.2, 0) is 4.79 Å². The van der Waals surface area contributed by atoms with Gasteiger partial charge in [0.05, 0.1) is 0 Å². The molecule has 0 unspecified atom stereocenters. The van der Waals surface area contributed by atoms with E-state index in [-0.39, 0.29) is 0 Å². The molecule has 0 spiro atoms. The minimum Gasteiger partial charge on any atom is -0.299 e. The van der Waals surface area contributed by atoms with Crippen LogP contribution in [0, 0.1) is 23.7 Å². The molecular weight excluding hydrogens is 232 g/mol. The second-order valence-corrected chi connectivity index (χ2v) is 6.77. The number of allylic oxidation sites excluding steroid dienone is 2. The molecule has 0 saturated heterocycles. The first kappa shape index (κ1) is 14.8. The van der Waals surface area contributed by atoms with E-state index in [2.05, 4.69) is 13.0 Å². The second-order valence-electron chi connectivity index (χ2n) is 6.77. The van der Waals surface area contributed by atoms with Crippen LogP contribution in [0.2, 0.25) is 0 Å². The van der Waals surface area contributed by atoms with E-state index in [0.717, 1.165) is 24.0 Å². The highest BCUT2D eigenvalue weighted by molar-refractivity contribution is 5.64. The Bertz CT molecular complexity index is 278. The summed E-state index contributed by atoms with van der Waals surface area (Å²) in [6, 6.07) is 0. The van der Waals surface area contributed by atoms with Gasteiger partial charge in [-0.3, -0.25) is 4.79 Å². The number of hydrogen-bond acceptors (Lipinski definition) is 1. The summed E-state index contributed by atoms with van der Waals surface area (Å²) in [6.07, 6.45) is 18.9. The predicted molar refractivity (Wildman–Crippen MR) is 81.0 cm³/mol. The van der Waals surface area contributed by atoms with Crippen molar-refractivity contribution >= 4 is 6.29 Å². The Morgan fingerprint density at radius 2 is 1.47 bits per heavy atom. The van der Waals surface area contributed by atoms with Gasteiger partial charge in [-0.2, -0.15) is 0 Å². The van der Waals surface area contributed by atoms with Crippen molar-refractivity contribution in [3.63, 3.8) is 0 Å². The van der Waals surface area contributed by atoms with Gasteiger partial charge in [-0.25, -0.2) is 0 Å². The summed E-state index contributed by atoms with van der Waals surface area (Å²) in [4.78, 5) is 10.4. The third-order valence-corrected chi connectivity index (χ3v) is 5.53. The molecule has 1 nitrogen and oxygen atoms in total. The Labute approximate surface area is 118 Å². The van der Waals surface area contributed by atoms with E-state index in [9.17, 15) is 4.79 Å². The largest absolute Gasteiger partial charge is 0.299 e. The van der Waals surface area contributed by atoms with Crippen LogP contribution in [0.5, 0.6) is 0 Å². The van der Waals surface area contributed by atoms with Crippen LogP contribution in [0.3, 0.4) is 0 Å². The molecule has 0 aromatic carbocycles. The molecule has 0 bridgehead atoms. The van der Waals surface area contributed by atoms with Crippen molar-refractivity contribution < 1.29 is 4.79 Å². The predicted octanol–water partition coefficient (Wildman–Crippen LogP) is 5.15. The molecular formula is C18H30O. The maximum Gasteiger partial charge on any atom is 0.142 e. The van der Waals surface area contributed by atoms with Crippen LogP contribution in [0.15, 0.2) is 12.2 Å². The average Bonchev–Trinajstić information content (AvgIpc) is 2.47. The van der Waals surface area contributed by atoms with Gasteiger partial charge in [-0.05, 0) is 68.3 Å². The Morgan fingerprint density at radius 1 is 0.895 bits per heavy atom. The highest BCUT2D eigenvalue weighted by Crippen LogP contribution is 2.42. The SMILES string of the molecule is CCCC1CCC(C2CCC(/C=C/C=O)CC2)CC1. The van der Waals surface area contributed by atoms with E-state index >= 15 is 0 Å². The van der Waals surface area contributed by atoms with Gasteiger partial charge < -0.3 is 0 Å². The van der Waals surface area contributed by atoms with E-state index < -0.39 is 0 Å². The number of carbonyl (C=O) groups is 1. The van der Waals surface area contributed by atoms with Crippen molar-refractivity contribution in [1.29, 1.82) is 0 Å². The highest BCUT2D eigenvalue weighted by atomic mass is 16.1. The van der Waals surface area contributed by atoms with Crippen LogP contribution in [-0.4, -0.2) is 6.29 Å². The molecule has 2 fully saturated rings. The molecule has 2 saturated carbocycles. The molecule has 1 heteroatoms. The van der Waals surface area contributed by atoms with Gasteiger partial charge in [0.2, 0.25) is 0 Å².